The van der Waals surface area contributed by atoms with Crippen LogP contribution in [0.2, 0.25) is 0 Å². The van der Waals surface area contributed by atoms with Crippen molar-refractivity contribution >= 4 is 20.2 Å². The molecule has 8 nitrogen and oxygen atoms in total. The van der Waals surface area contributed by atoms with Crippen molar-refractivity contribution in [3.05, 3.63) is 0 Å². The first-order valence-corrected chi connectivity index (χ1v) is 5.33. The normalized spacial score (nSPS) is 13.5. The van der Waals surface area contributed by atoms with Gasteiger partial charge in [-0.05, 0) is 0 Å². The first kappa shape index (κ1) is 16.2. The van der Waals surface area contributed by atoms with Gasteiger partial charge in [0.2, 0.25) is 0 Å². The topological polar surface area (TPSA) is 152 Å². The molecule has 0 unspecified atom stereocenters. The molecule has 0 heterocycles. The molecule has 0 aliphatic carbocycles. The van der Waals surface area contributed by atoms with Gasteiger partial charge in [-0.25, -0.2) is 8.42 Å². The molecule has 0 radical (unpaired) electrons. The minimum absolute atomic E-state index is 0. The number of hydrogen-bond donors (Lipinski definition) is 3. The van der Waals surface area contributed by atoms with Crippen LogP contribution in [-0.2, 0) is 20.2 Å². The molecular formula is C2H5NaO8S2. The van der Waals surface area contributed by atoms with E-state index in [1.807, 2.05) is 0 Å². The molecule has 0 aromatic heterocycles. The molecule has 11 heteroatoms. The van der Waals surface area contributed by atoms with E-state index in [4.69, 9.17) is 14.8 Å². The van der Waals surface area contributed by atoms with Crippen LogP contribution in [0.4, 0.5) is 0 Å². The van der Waals surface area contributed by atoms with E-state index in [0.29, 0.717) is 0 Å². The monoisotopic (exact) mass is 244 g/mol. The standard InChI is InChI=1S/C2H6O8S2.Na/c3-2(4,12(8,9)10)1-11(5,6)7;/h3-4H,1H2,(H,5,6,7)(H,8,9,10);/q;+1/p-1. The molecule has 13 heavy (non-hydrogen) atoms. The average Bonchev–Trinajstić information content (AvgIpc) is 1.52. The van der Waals surface area contributed by atoms with Gasteiger partial charge in [0.15, 0.2) is 0 Å². The molecule has 0 aliphatic heterocycles. The van der Waals surface area contributed by atoms with Gasteiger partial charge in [0.25, 0.3) is 0 Å². The summed E-state index contributed by atoms with van der Waals surface area (Å²) in [6.45, 7) is 0. The number of aliphatic hydroxyl groups is 2. The van der Waals surface area contributed by atoms with Gasteiger partial charge in [0.1, 0.15) is 15.9 Å². The Bertz CT molecular complexity index is 350. The van der Waals surface area contributed by atoms with Crippen molar-refractivity contribution in [3.8, 4) is 0 Å². The number of hydrogen-bond acceptors (Lipinski definition) is 7. The maximum absolute atomic E-state index is 9.98. The van der Waals surface area contributed by atoms with Crippen molar-refractivity contribution in [2.45, 2.75) is 5.12 Å². The maximum atomic E-state index is 9.98. The first-order chi connectivity index (χ1) is 4.96. The van der Waals surface area contributed by atoms with Crippen LogP contribution in [-0.4, -0.2) is 47.0 Å². The van der Waals surface area contributed by atoms with Crippen LogP contribution < -0.4 is 29.6 Å². The Morgan fingerprint density at radius 2 is 1.46 bits per heavy atom. The molecule has 3 N–H and O–H groups in total. The predicted molar refractivity (Wildman–Crippen MR) is 33.3 cm³/mol. The summed E-state index contributed by atoms with van der Waals surface area (Å²) in [7, 11) is -10.6. The fraction of sp³-hybridized carbons (Fsp3) is 1.00. The van der Waals surface area contributed by atoms with Gasteiger partial charge >= 0.3 is 44.8 Å². The van der Waals surface area contributed by atoms with Crippen molar-refractivity contribution in [2.75, 3.05) is 5.75 Å². The maximum Gasteiger partial charge on any atom is 1.00 e. The zero-order chi connectivity index (χ0) is 10.2. The molecule has 0 aliphatic rings. The first-order valence-electron chi connectivity index (χ1n) is 2.31. The Balaban J connectivity index is 0. The Morgan fingerprint density at radius 1 is 1.15 bits per heavy atom. The minimum Gasteiger partial charge on any atom is -0.748 e. The largest absolute Gasteiger partial charge is 1.00 e. The van der Waals surface area contributed by atoms with E-state index in [1.165, 1.54) is 0 Å². The molecule has 74 valence electrons. The molecule has 0 aromatic carbocycles. The van der Waals surface area contributed by atoms with Crippen LogP contribution in [0.15, 0.2) is 0 Å². The van der Waals surface area contributed by atoms with Gasteiger partial charge in [0.05, 0.1) is 0 Å². The van der Waals surface area contributed by atoms with Crippen molar-refractivity contribution in [1.82, 2.24) is 0 Å². The summed E-state index contributed by atoms with van der Waals surface area (Å²) in [5.74, 6) is -2.03. The fourth-order valence-corrected chi connectivity index (χ4v) is 1.79. The smallest absolute Gasteiger partial charge is 0.748 e. The second kappa shape index (κ2) is 4.51. The van der Waals surface area contributed by atoms with Crippen LogP contribution in [0.3, 0.4) is 0 Å². The van der Waals surface area contributed by atoms with E-state index in [-0.39, 0.29) is 29.6 Å². The average molecular weight is 244 g/mol. The summed E-state index contributed by atoms with van der Waals surface area (Å²) < 4.78 is 57.5. The fourth-order valence-electron chi connectivity index (χ4n) is 0.305. The summed E-state index contributed by atoms with van der Waals surface area (Å²) in [5.41, 5.74) is 0. The number of rotatable bonds is 3. The third-order valence-corrected chi connectivity index (χ3v) is 2.69. The van der Waals surface area contributed by atoms with Gasteiger partial charge in [0, 0.05) is 0 Å². The Kier molecular flexibility index (Phi) is 5.61. The SMILES string of the molecule is O=S(=O)([O-])CC(O)(O)S(=O)(=O)O.[Na+]. The molecule has 0 atom stereocenters. The van der Waals surface area contributed by atoms with Crippen LogP contribution in [0.5, 0.6) is 0 Å². The van der Waals surface area contributed by atoms with E-state index in [9.17, 15) is 21.4 Å². The van der Waals surface area contributed by atoms with E-state index in [1.54, 1.807) is 0 Å². The Labute approximate surface area is 96.4 Å². The zero-order valence-electron chi connectivity index (χ0n) is 6.41. The summed E-state index contributed by atoms with van der Waals surface area (Å²) in [6, 6.07) is 0. The molecule has 0 saturated heterocycles. The van der Waals surface area contributed by atoms with Crippen molar-refractivity contribution in [3.63, 3.8) is 0 Å². The molecule has 0 amide bonds. The van der Waals surface area contributed by atoms with E-state index in [2.05, 4.69) is 0 Å². The van der Waals surface area contributed by atoms with E-state index >= 15 is 0 Å². The van der Waals surface area contributed by atoms with Gasteiger partial charge < -0.3 is 14.8 Å². The molecule has 0 fully saturated rings. The van der Waals surface area contributed by atoms with Gasteiger partial charge in [-0.15, -0.1) is 0 Å². The van der Waals surface area contributed by atoms with Crippen LogP contribution >= 0.6 is 0 Å². The third-order valence-electron chi connectivity index (χ3n) is 0.778. The summed E-state index contributed by atoms with van der Waals surface area (Å²) in [5, 5.41) is 12.7. The summed E-state index contributed by atoms with van der Waals surface area (Å²) in [6.07, 6.45) is 0. The van der Waals surface area contributed by atoms with Gasteiger partial charge in [-0.1, -0.05) is 0 Å². The molecule has 0 rings (SSSR count). The molecule has 0 aromatic rings. The minimum atomic E-state index is -5.40. The van der Waals surface area contributed by atoms with Gasteiger partial charge in [-0.2, -0.15) is 8.42 Å². The Morgan fingerprint density at radius 3 is 1.54 bits per heavy atom. The van der Waals surface area contributed by atoms with E-state index in [0.717, 1.165) is 0 Å². The summed E-state index contributed by atoms with van der Waals surface area (Å²) in [4.78, 5) is 0. The van der Waals surface area contributed by atoms with Gasteiger partial charge in [-0.3, -0.25) is 4.55 Å². The van der Waals surface area contributed by atoms with Crippen LogP contribution in [0.1, 0.15) is 0 Å². The quantitative estimate of drug-likeness (QED) is 0.252. The van der Waals surface area contributed by atoms with Crippen molar-refractivity contribution in [1.29, 1.82) is 0 Å². The molecule has 0 spiro atoms. The molecule has 0 saturated carbocycles. The van der Waals surface area contributed by atoms with E-state index < -0.39 is 31.1 Å². The zero-order valence-corrected chi connectivity index (χ0v) is 10.0. The molecular weight excluding hydrogens is 239 g/mol. The van der Waals surface area contributed by atoms with Crippen LogP contribution in [0.25, 0.3) is 0 Å². The second-order valence-corrected chi connectivity index (χ2v) is 4.93. The predicted octanol–water partition coefficient (Wildman–Crippen LogP) is -5.94. The molecule has 0 bridgehead atoms. The Hall–Kier alpha value is 0.740. The second-order valence-electron chi connectivity index (χ2n) is 1.92. The van der Waals surface area contributed by atoms with Crippen molar-refractivity contribution < 1.29 is 65.7 Å². The van der Waals surface area contributed by atoms with Crippen LogP contribution in [0, 0.1) is 0 Å². The summed E-state index contributed by atoms with van der Waals surface area (Å²) >= 11 is 0. The third kappa shape index (κ3) is 5.93. The van der Waals surface area contributed by atoms with Crippen molar-refractivity contribution in [2.24, 2.45) is 0 Å².